The Morgan fingerprint density at radius 3 is 1.77 bits per heavy atom. The van der Waals surface area contributed by atoms with Crippen molar-refractivity contribution in [2.75, 3.05) is 40.9 Å². The fourth-order valence-electron chi connectivity index (χ4n) is 4.73. The van der Waals surface area contributed by atoms with Gasteiger partial charge in [-0.3, -0.25) is 9.36 Å². The zero-order valence-electron chi connectivity index (χ0n) is 29.1. The maximum atomic E-state index is 12.7. The van der Waals surface area contributed by atoms with Gasteiger partial charge < -0.3 is 28.8 Å². The van der Waals surface area contributed by atoms with Gasteiger partial charge in [-0.1, -0.05) is 115 Å². The van der Waals surface area contributed by atoms with E-state index in [2.05, 4.69) is 31.3 Å². The molecule has 3 atom stereocenters. The van der Waals surface area contributed by atoms with Gasteiger partial charge in [0.2, 0.25) is 5.91 Å². The summed E-state index contributed by atoms with van der Waals surface area (Å²) >= 11 is 0. The van der Waals surface area contributed by atoms with Gasteiger partial charge in [-0.15, -0.1) is 0 Å². The summed E-state index contributed by atoms with van der Waals surface area (Å²) in [5.74, 6) is -0.213. The van der Waals surface area contributed by atoms with Gasteiger partial charge in [0.05, 0.1) is 39.9 Å². The highest BCUT2D eigenvalue weighted by molar-refractivity contribution is 7.45. The molecule has 0 saturated carbocycles. The van der Waals surface area contributed by atoms with Crippen LogP contribution in [0.5, 0.6) is 0 Å². The molecule has 0 aromatic rings. The minimum Gasteiger partial charge on any atom is -0.756 e. The second-order valence-electron chi connectivity index (χ2n) is 13.2. The molecule has 0 spiro atoms. The number of quaternary nitrogens is 1. The fourth-order valence-corrected chi connectivity index (χ4v) is 5.45. The Morgan fingerprint density at radius 2 is 1.25 bits per heavy atom. The molecule has 0 aliphatic heterocycles. The SMILES string of the molecule is CCCCCCC/C=C/C(O)C(COP(=O)([O-])OCC[N+](C)(C)C)NC(=O)CCCCCCC/C=C\CCCCCCCC. The first-order valence-corrected chi connectivity index (χ1v) is 19.2. The number of carbonyl (C=O) groups is 1. The zero-order chi connectivity index (χ0) is 32.9. The second-order valence-corrected chi connectivity index (χ2v) is 14.6. The van der Waals surface area contributed by atoms with E-state index in [0.29, 0.717) is 17.4 Å². The number of carbonyl (C=O) groups excluding carboxylic acids is 1. The Hall–Kier alpha value is -1.02. The predicted octanol–water partition coefficient (Wildman–Crippen LogP) is 7.99. The van der Waals surface area contributed by atoms with E-state index in [9.17, 15) is 19.4 Å². The van der Waals surface area contributed by atoms with Crippen LogP contribution >= 0.6 is 7.82 Å². The van der Waals surface area contributed by atoms with Gasteiger partial charge in [0.15, 0.2) is 0 Å². The summed E-state index contributed by atoms with van der Waals surface area (Å²) in [5, 5.41) is 13.6. The van der Waals surface area contributed by atoms with Crippen LogP contribution in [0.4, 0.5) is 0 Å². The Bertz CT molecular complexity index is 784. The number of phosphoric ester groups is 1. The van der Waals surface area contributed by atoms with Crippen molar-refractivity contribution in [2.24, 2.45) is 0 Å². The summed E-state index contributed by atoms with van der Waals surface area (Å²) in [6, 6.07) is -0.883. The van der Waals surface area contributed by atoms with Crippen molar-refractivity contribution in [1.29, 1.82) is 0 Å². The highest BCUT2D eigenvalue weighted by Crippen LogP contribution is 2.38. The molecule has 0 fully saturated rings. The molecule has 2 N–H and O–H groups in total. The van der Waals surface area contributed by atoms with Crippen molar-refractivity contribution in [2.45, 2.75) is 154 Å². The van der Waals surface area contributed by atoms with Gasteiger partial charge in [0.25, 0.3) is 7.82 Å². The number of hydrogen-bond acceptors (Lipinski definition) is 6. The molecular weight excluding hydrogens is 575 g/mol. The number of aliphatic hydroxyl groups is 1. The molecule has 0 aliphatic carbocycles. The Kier molecular flexibility index (Phi) is 27.6. The molecule has 0 aromatic heterocycles. The third-order valence-electron chi connectivity index (χ3n) is 7.66. The highest BCUT2D eigenvalue weighted by Gasteiger charge is 2.23. The number of hydrogen-bond donors (Lipinski definition) is 2. The van der Waals surface area contributed by atoms with Gasteiger partial charge >= 0.3 is 0 Å². The quantitative estimate of drug-likeness (QED) is 0.0343. The Morgan fingerprint density at radius 1 is 0.773 bits per heavy atom. The molecule has 44 heavy (non-hydrogen) atoms. The van der Waals surface area contributed by atoms with Crippen molar-refractivity contribution >= 4 is 13.7 Å². The van der Waals surface area contributed by atoms with Crippen LogP contribution < -0.4 is 10.2 Å². The number of rotatable bonds is 31. The topological polar surface area (TPSA) is 108 Å². The van der Waals surface area contributed by atoms with Crippen molar-refractivity contribution in [3.05, 3.63) is 24.3 Å². The first-order chi connectivity index (χ1) is 21.0. The molecule has 1 amide bonds. The summed E-state index contributed by atoms with van der Waals surface area (Å²) in [6.45, 7) is 4.54. The summed E-state index contributed by atoms with van der Waals surface area (Å²) in [4.78, 5) is 25.0. The Labute approximate surface area is 271 Å². The lowest BCUT2D eigenvalue weighted by molar-refractivity contribution is -0.870. The lowest BCUT2D eigenvalue weighted by atomic mass is 10.1. The van der Waals surface area contributed by atoms with E-state index < -0.39 is 20.0 Å². The van der Waals surface area contributed by atoms with E-state index in [4.69, 9.17) is 9.05 Å². The summed E-state index contributed by atoms with van der Waals surface area (Å²) in [5.41, 5.74) is 0. The van der Waals surface area contributed by atoms with Crippen LogP contribution in [0.25, 0.3) is 0 Å². The van der Waals surface area contributed by atoms with Gasteiger partial charge in [-0.25, -0.2) is 0 Å². The number of amides is 1. The molecular formula is C35H69N2O6P. The molecule has 9 heteroatoms. The van der Waals surface area contributed by atoms with Crippen molar-refractivity contribution in [3.8, 4) is 0 Å². The average molecular weight is 645 g/mol. The van der Waals surface area contributed by atoms with Crippen LogP contribution in [0, 0.1) is 0 Å². The first-order valence-electron chi connectivity index (χ1n) is 17.7. The Balaban J connectivity index is 4.47. The lowest BCUT2D eigenvalue weighted by Gasteiger charge is -2.29. The monoisotopic (exact) mass is 644 g/mol. The maximum absolute atomic E-state index is 12.7. The van der Waals surface area contributed by atoms with E-state index >= 15 is 0 Å². The minimum absolute atomic E-state index is 0.00271. The van der Waals surface area contributed by atoms with E-state index in [0.717, 1.165) is 51.4 Å². The second kappa shape index (κ2) is 28.2. The van der Waals surface area contributed by atoms with Crippen LogP contribution in [-0.4, -0.2) is 68.5 Å². The number of nitrogens with zero attached hydrogens (tertiary/aromatic N) is 1. The summed E-state index contributed by atoms with van der Waals surface area (Å²) in [7, 11) is 1.25. The van der Waals surface area contributed by atoms with Crippen LogP contribution in [-0.2, 0) is 18.4 Å². The molecule has 3 unspecified atom stereocenters. The van der Waals surface area contributed by atoms with E-state index in [1.807, 2.05) is 27.2 Å². The highest BCUT2D eigenvalue weighted by atomic mass is 31.2. The van der Waals surface area contributed by atoms with Crippen LogP contribution in [0.15, 0.2) is 24.3 Å². The number of allylic oxidation sites excluding steroid dienone is 3. The molecule has 260 valence electrons. The van der Waals surface area contributed by atoms with Gasteiger partial charge in [0.1, 0.15) is 13.2 Å². The average Bonchev–Trinajstić information content (AvgIpc) is 2.95. The molecule has 0 aliphatic rings. The number of phosphoric acid groups is 1. The van der Waals surface area contributed by atoms with E-state index in [1.165, 1.54) is 70.6 Å². The molecule has 0 bridgehead atoms. The molecule has 0 saturated heterocycles. The van der Waals surface area contributed by atoms with E-state index in [1.54, 1.807) is 6.08 Å². The number of unbranched alkanes of at least 4 members (excludes halogenated alkanes) is 16. The van der Waals surface area contributed by atoms with Crippen LogP contribution in [0.1, 0.15) is 142 Å². The van der Waals surface area contributed by atoms with Crippen LogP contribution in [0.2, 0.25) is 0 Å². The van der Waals surface area contributed by atoms with Crippen molar-refractivity contribution < 1.29 is 32.9 Å². The molecule has 0 radical (unpaired) electrons. The summed E-state index contributed by atoms with van der Waals surface area (Å²) in [6.07, 6.45) is 29.5. The third kappa shape index (κ3) is 29.7. The fraction of sp³-hybridized carbons (Fsp3) is 0.857. The minimum atomic E-state index is -4.57. The number of aliphatic hydroxyl groups excluding tert-OH is 1. The molecule has 8 nitrogen and oxygen atoms in total. The first kappa shape index (κ1) is 43.0. The van der Waals surface area contributed by atoms with Gasteiger partial charge in [0, 0.05) is 6.42 Å². The number of likely N-dealkylation sites (N-methyl/N-ethyl adjacent to an activating group) is 1. The van der Waals surface area contributed by atoms with E-state index in [-0.39, 0.29) is 19.1 Å². The largest absolute Gasteiger partial charge is 0.756 e. The van der Waals surface area contributed by atoms with Crippen molar-refractivity contribution in [1.82, 2.24) is 5.32 Å². The molecule has 0 rings (SSSR count). The van der Waals surface area contributed by atoms with Gasteiger partial charge in [-0.05, 0) is 44.9 Å². The lowest BCUT2D eigenvalue weighted by Crippen LogP contribution is -2.45. The number of nitrogens with one attached hydrogen (secondary N) is 1. The molecule has 0 heterocycles. The summed E-state index contributed by atoms with van der Waals surface area (Å²) < 4.78 is 22.9. The standard InChI is InChI=1S/C35H69N2O6P/c1-6-8-10-12-14-15-16-17-18-19-20-21-23-25-27-29-35(39)36-33(34(38)28-26-24-22-13-11-9-7-2)32-43-44(40,41)42-31-30-37(3,4)5/h17-18,26,28,33-34,38H,6-16,19-25,27,29-32H2,1-5H3,(H-,36,39,40,41)/b18-17-,28-26+. The maximum Gasteiger partial charge on any atom is 0.268 e. The smallest absolute Gasteiger partial charge is 0.268 e. The zero-order valence-corrected chi connectivity index (χ0v) is 30.0. The van der Waals surface area contributed by atoms with Crippen molar-refractivity contribution in [3.63, 3.8) is 0 Å². The predicted molar refractivity (Wildman–Crippen MR) is 182 cm³/mol. The normalized spacial score (nSPS) is 15.2. The molecule has 0 aromatic carbocycles. The third-order valence-corrected chi connectivity index (χ3v) is 8.62. The van der Waals surface area contributed by atoms with Crippen LogP contribution in [0.3, 0.4) is 0 Å². The van der Waals surface area contributed by atoms with Gasteiger partial charge in [-0.2, -0.15) is 0 Å².